The summed E-state index contributed by atoms with van der Waals surface area (Å²) in [5.74, 6) is -1.52. The molecule has 2 aromatic heterocycles. The van der Waals surface area contributed by atoms with Gasteiger partial charge in [0.15, 0.2) is 11.6 Å². The predicted molar refractivity (Wildman–Crippen MR) is 129 cm³/mol. The summed E-state index contributed by atoms with van der Waals surface area (Å²) in [5.41, 5.74) is 3.23. The Morgan fingerprint density at radius 3 is 2.56 bits per heavy atom. The van der Waals surface area contributed by atoms with Crippen LogP contribution in [0.5, 0.6) is 0 Å². The van der Waals surface area contributed by atoms with Gasteiger partial charge in [0, 0.05) is 29.8 Å². The maximum atomic E-state index is 14.1. The Morgan fingerprint density at radius 2 is 1.89 bits per heavy atom. The molecule has 1 spiro atoms. The van der Waals surface area contributed by atoms with Gasteiger partial charge in [0.05, 0.1) is 24.0 Å². The fourth-order valence-corrected chi connectivity index (χ4v) is 5.26. The molecule has 10 heteroatoms. The normalized spacial score (nSPS) is 19.4. The van der Waals surface area contributed by atoms with Crippen molar-refractivity contribution in [3.05, 3.63) is 83.2 Å². The van der Waals surface area contributed by atoms with Gasteiger partial charge in [-0.15, -0.1) is 0 Å². The van der Waals surface area contributed by atoms with Crippen LogP contribution >= 0.6 is 0 Å². The van der Waals surface area contributed by atoms with Gasteiger partial charge in [-0.1, -0.05) is 18.2 Å². The van der Waals surface area contributed by atoms with Crippen molar-refractivity contribution in [2.24, 2.45) is 7.05 Å². The lowest BCUT2D eigenvalue weighted by atomic mass is 9.96. The number of nitrogens with one attached hydrogen (secondary N) is 2. The van der Waals surface area contributed by atoms with Gasteiger partial charge in [-0.25, -0.2) is 18.3 Å². The number of carbonyl (C=O) groups excluding carboxylic acids is 1. The summed E-state index contributed by atoms with van der Waals surface area (Å²) < 4.78 is 31.4. The van der Waals surface area contributed by atoms with Crippen molar-refractivity contribution in [3.8, 4) is 16.9 Å². The Morgan fingerprint density at radius 1 is 1.17 bits per heavy atom. The highest BCUT2D eigenvalue weighted by Crippen LogP contribution is 2.60. The van der Waals surface area contributed by atoms with Gasteiger partial charge in [0.25, 0.3) is 0 Å². The van der Waals surface area contributed by atoms with E-state index in [-0.39, 0.29) is 0 Å². The van der Waals surface area contributed by atoms with Gasteiger partial charge in [0.2, 0.25) is 0 Å². The molecule has 184 valence electrons. The summed E-state index contributed by atoms with van der Waals surface area (Å²) >= 11 is 0. The van der Waals surface area contributed by atoms with Gasteiger partial charge in [0.1, 0.15) is 11.5 Å². The Balaban J connectivity index is 1.34. The fraction of sp³-hybridized carbons (Fsp3) is 0.269. The number of rotatable bonds is 4. The molecule has 36 heavy (non-hydrogen) atoms. The molecule has 2 heterocycles. The van der Waals surface area contributed by atoms with E-state index in [4.69, 9.17) is 5.10 Å². The molecule has 0 radical (unpaired) electrons. The number of hydrogen-bond acceptors (Lipinski definition) is 4. The summed E-state index contributed by atoms with van der Waals surface area (Å²) in [6.07, 6.45) is 3.86. The first-order chi connectivity index (χ1) is 17.3. The van der Waals surface area contributed by atoms with Gasteiger partial charge in [-0.3, -0.25) is 10.00 Å². The van der Waals surface area contributed by atoms with E-state index in [0.29, 0.717) is 35.5 Å². The molecule has 2 aromatic carbocycles. The minimum absolute atomic E-state index is 0.401. The maximum absolute atomic E-state index is 14.1. The molecule has 2 amide bonds. The standard InChI is InChI=1S/C26H24F2N6O2/c1-14-21(15-12-29-33(2)13-15)32-34(16-6-4-3-5-7-16)24(14)31-25(36)30-22-17-10-19(27)20(28)11-18(17)26(8-9-26)23(22)35/h3-7,10-13,22-23,35H,8-9H2,1-2H3,(H2,30,31,36). The third-order valence-corrected chi connectivity index (χ3v) is 7.25. The van der Waals surface area contributed by atoms with Crippen molar-refractivity contribution in [1.29, 1.82) is 0 Å². The first-order valence-electron chi connectivity index (χ1n) is 11.7. The van der Waals surface area contributed by atoms with Crippen LogP contribution in [-0.4, -0.2) is 36.8 Å². The van der Waals surface area contributed by atoms with Crippen molar-refractivity contribution in [3.63, 3.8) is 0 Å². The first kappa shape index (κ1) is 22.4. The van der Waals surface area contributed by atoms with Crippen LogP contribution in [0.15, 0.2) is 54.9 Å². The van der Waals surface area contributed by atoms with Gasteiger partial charge < -0.3 is 10.4 Å². The van der Waals surface area contributed by atoms with Crippen molar-refractivity contribution in [1.82, 2.24) is 24.9 Å². The highest BCUT2D eigenvalue weighted by molar-refractivity contribution is 5.91. The highest BCUT2D eigenvalue weighted by Gasteiger charge is 2.59. The highest BCUT2D eigenvalue weighted by atomic mass is 19.2. The molecule has 4 aromatic rings. The van der Waals surface area contributed by atoms with E-state index < -0.39 is 35.2 Å². The number of aryl methyl sites for hydroxylation is 1. The molecule has 0 saturated heterocycles. The van der Waals surface area contributed by atoms with Crippen LogP contribution in [-0.2, 0) is 12.5 Å². The number of aromatic nitrogens is 4. The van der Waals surface area contributed by atoms with Crippen LogP contribution in [0.2, 0.25) is 0 Å². The van der Waals surface area contributed by atoms with Gasteiger partial charge in [-0.05, 0) is 55.2 Å². The number of para-hydroxylation sites is 1. The lowest BCUT2D eigenvalue weighted by Crippen LogP contribution is -2.39. The van der Waals surface area contributed by atoms with Crippen molar-refractivity contribution < 1.29 is 18.7 Å². The predicted octanol–water partition coefficient (Wildman–Crippen LogP) is 4.13. The van der Waals surface area contributed by atoms with E-state index >= 15 is 0 Å². The third-order valence-electron chi connectivity index (χ3n) is 7.25. The van der Waals surface area contributed by atoms with E-state index in [0.717, 1.165) is 28.9 Å². The van der Waals surface area contributed by atoms with Crippen LogP contribution in [0.4, 0.5) is 19.4 Å². The maximum Gasteiger partial charge on any atom is 0.320 e. The molecule has 0 aliphatic heterocycles. The summed E-state index contributed by atoms with van der Waals surface area (Å²) in [7, 11) is 1.81. The Hall–Kier alpha value is -4.05. The molecule has 1 fully saturated rings. The molecular formula is C26H24F2N6O2. The molecule has 2 aliphatic carbocycles. The van der Waals surface area contributed by atoms with Crippen molar-refractivity contribution in [2.75, 3.05) is 5.32 Å². The molecule has 2 atom stereocenters. The summed E-state index contributed by atoms with van der Waals surface area (Å²) in [4.78, 5) is 13.2. The second-order valence-electron chi connectivity index (χ2n) is 9.50. The number of anilines is 1. The minimum atomic E-state index is -1.01. The number of fused-ring (bicyclic) bond motifs is 2. The number of nitrogens with zero attached hydrogens (tertiary/aromatic N) is 4. The second kappa shape index (κ2) is 7.99. The number of aliphatic hydroxyl groups is 1. The quantitative estimate of drug-likeness (QED) is 0.401. The smallest absolute Gasteiger partial charge is 0.320 e. The monoisotopic (exact) mass is 490 g/mol. The van der Waals surface area contributed by atoms with Crippen molar-refractivity contribution in [2.45, 2.75) is 37.3 Å². The number of hydrogen-bond donors (Lipinski definition) is 3. The molecule has 6 rings (SSSR count). The molecular weight excluding hydrogens is 466 g/mol. The van der Waals surface area contributed by atoms with E-state index in [9.17, 15) is 18.7 Å². The number of halogens is 2. The van der Waals surface area contributed by atoms with E-state index in [2.05, 4.69) is 15.7 Å². The van der Waals surface area contributed by atoms with Gasteiger partial charge in [-0.2, -0.15) is 10.2 Å². The topological polar surface area (TPSA) is 97.0 Å². The van der Waals surface area contributed by atoms with Crippen LogP contribution < -0.4 is 10.6 Å². The van der Waals surface area contributed by atoms with Crippen molar-refractivity contribution >= 4 is 11.8 Å². The molecule has 3 N–H and O–H groups in total. The minimum Gasteiger partial charge on any atom is -0.390 e. The lowest BCUT2D eigenvalue weighted by Gasteiger charge is -2.21. The zero-order valence-corrected chi connectivity index (χ0v) is 19.7. The number of aliphatic hydroxyl groups excluding tert-OH is 1. The molecule has 0 bridgehead atoms. The number of urea groups is 1. The molecule has 2 aliphatic rings. The molecule has 2 unspecified atom stereocenters. The van der Waals surface area contributed by atoms with E-state index in [1.54, 1.807) is 15.6 Å². The summed E-state index contributed by atoms with van der Waals surface area (Å²) in [6, 6.07) is 10.1. The van der Waals surface area contributed by atoms with Crippen LogP contribution in [0.1, 0.15) is 35.6 Å². The third kappa shape index (κ3) is 3.40. The average Bonchev–Trinajstić information content (AvgIpc) is 3.41. The fourth-order valence-electron chi connectivity index (χ4n) is 5.26. The average molecular weight is 491 g/mol. The largest absolute Gasteiger partial charge is 0.390 e. The zero-order valence-electron chi connectivity index (χ0n) is 19.7. The number of carbonyl (C=O) groups is 1. The lowest BCUT2D eigenvalue weighted by molar-refractivity contribution is 0.109. The van der Waals surface area contributed by atoms with Crippen LogP contribution in [0.25, 0.3) is 16.9 Å². The van der Waals surface area contributed by atoms with Crippen LogP contribution in [0.3, 0.4) is 0 Å². The zero-order chi connectivity index (χ0) is 25.2. The van der Waals surface area contributed by atoms with E-state index in [1.165, 1.54) is 0 Å². The van der Waals surface area contributed by atoms with E-state index in [1.807, 2.05) is 50.5 Å². The van der Waals surface area contributed by atoms with Gasteiger partial charge >= 0.3 is 6.03 Å². The first-order valence-corrected chi connectivity index (χ1v) is 11.7. The molecule has 8 nitrogen and oxygen atoms in total. The number of benzene rings is 2. The Bertz CT molecular complexity index is 1490. The van der Waals surface area contributed by atoms with Crippen LogP contribution in [0, 0.1) is 18.6 Å². The number of amides is 2. The SMILES string of the molecule is Cc1c(-c2cnn(C)c2)nn(-c2ccccc2)c1NC(=O)NC1c2cc(F)c(F)cc2C2(CC2)C1O. The molecule has 1 saturated carbocycles. The summed E-state index contributed by atoms with van der Waals surface area (Å²) in [5, 5.41) is 25.6. The Kier molecular flexibility index (Phi) is 4.97. The Labute approximate surface area is 205 Å². The second-order valence-corrected chi connectivity index (χ2v) is 9.50. The summed E-state index contributed by atoms with van der Waals surface area (Å²) in [6.45, 7) is 1.85.